The molecule has 2 N–H and O–H groups in total. The molecule has 1 aromatic carbocycles. The molecular formula is C13H11NO3. The van der Waals surface area contributed by atoms with E-state index in [1.807, 2.05) is 12.1 Å². The Balaban J connectivity index is 2.52. The molecule has 0 radical (unpaired) electrons. The Labute approximate surface area is 98.2 Å². The second-order valence-electron chi connectivity index (χ2n) is 3.55. The van der Waals surface area contributed by atoms with Crippen molar-refractivity contribution < 1.29 is 15.0 Å². The lowest BCUT2D eigenvalue weighted by atomic mass is 10.0. The summed E-state index contributed by atoms with van der Waals surface area (Å²) in [5, 5.41) is 18.1. The molecule has 2 aromatic rings. The van der Waals surface area contributed by atoms with E-state index in [0.717, 1.165) is 11.1 Å². The third-order valence-electron chi connectivity index (χ3n) is 2.47. The van der Waals surface area contributed by atoms with Crippen molar-refractivity contribution in [1.82, 2.24) is 4.98 Å². The summed E-state index contributed by atoms with van der Waals surface area (Å²) in [5.74, 6) is -0.991. The normalized spacial score (nSPS) is 10.2. The van der Waals surface area contributed by atoms with E-state index >= 15 is 0 Å². The number of benzene rings is 1. The van der Waals surface area contributed by atoms with E-state index in [2.05, 4.69) is 4.98 Å². The first kappa shape index (κ1) is 11.3. The van der Waals surface area contributed by atoms with Crippen LogP contribution in [-0.2, 0) is 6.61 Å². The summed E-state index contributed by atoms with van der Waals surface area (Å²) in [6, 6.07) is 10.2. The van der Waals surface area contributed by atoms with E-state index < -0.39 is 5.97 Å². The Morgan fingerprint density at radius 1 is 1.24 bits per heavy atom. The van der Waals surface area contributed by atoms with E-state index in [1.165, 1.54) is 18.3 Å². The van der Waals surface area contributed by atoms with Gasteiger partial charge in [0.05, 0.1) is 17.9 Å². The SMILES string of the molecule is O=C(O)c1ccnc(-c2ccccc2CO)c1. The van der Waals surface area contributed by atoms with Gasteiger partial charge in [0.25, 0.3) is 0 Å². The van der Waals surface area contributed by atoms with E-state index in [1.54, 1.807) is 12.1 Å². The fourth-order valence-corrected chi connectivity index (χ4v) is 1.62. The molecule has 0 amide bonds. The van der Waals surface area contributed by atoms with Crippen molar-refractivity contribution in [3.8, 4) is 11.3 Å². The maximum Gasteiger partial charge on any atom is 0.335 e. The average molecular weight is 229 g/mol. The summed E-state index contributed by atoms with van der Waals surface area (Å²) in [7, 11) is 0. The fraction of sp³-hybridized carbons (Fsp3) is 0.0769. The number of aromatic nitrogens is 1. The van der Waals surface area contributed by atoms with Gasteiger partial charge in [0.2, 0.25) is 0 Å². The summed E-state index contributed by atoms with van der Waals surface area (Å²) < 4.78 is 0. The average Bonchev–Trinajstić information content (AvgIpc) is 2.39. The topological polar surface area (TPSA) is 70.4 Å². The van der Waals surface area contributed by atoms with E-state index in [4.69, 9.17) is 5.11 Å². The Hall–Kier alpha value is -2.20. The summed E-state index contributed by atoms with van der Waals surface area (Å²) in [5.41, 5.74) is 2.21. The molecule has 2 rings (SSSR count). The Morgan fingerprint density at radius 3 is 2.71 bits per heavy atom. The number of carboxylic acid groups (broad SMARTS) is 1. The van der Waals surface area contributed by atoms with Gasteiger partial charge >= 0.3 is 5.97 Å². The molecule has 1 heterocycles. The highest BCUT2D eigenvalue weighted by atomic mass is 16.4. The van der Waals surface area contributed by atoms with Crippen molar-refractivity contribution in [2.75, 3.05) is 0 Å². The first-order chi connectivity index (χ1) is 8.22. The van der Waals surface area contributed by atoms with Gasteiger partial charge in [-0.15, -0.1) is 0 Å². The van der Waals surface area contributed by atoms with Crippen LogP contribution in [0.4, 0.5) is 0 Å². The number of aliphatic hydroxyl groups excluding tert-OH is 1. The van der Waals surface area contributed by atoms with E-state index in [-0.39, 0.29) is 12.2 Å². The van der Waals surface area contributed by atoms with Crippen LogP contribution >= 0.6 is 0 Å². The molecule has 0 aliphatic carbocycles. The smallest absolute Gasteiger partial charge is 0.335 e. The molecule has 0 saturated carbocycles. The molecule has 1 aromatic heterocycles. The van der Waals surface area contributed by atoms with E-state index in [0.29, 0.717) is 5.69 Å². The molecule has 0 atom stereocenters. The summed E-state index contributed by atoms with van der Waals surface area (Å²) in [6.07, 6.45) is 1.45. The highest BCUT2D eigenvalue weighted by Gasteiger charge is 2.08. The van der Waals surface area contributed by atoms with Gasteiger partial charge in [-0.2, -0.15) is 0 Å². The second kappa shape index (κ2) is 4.76. The monoisotopic (exact) mass is 229 g/mol. The molecule has 0 aliphatic rings. The number of hydrogen-bond donors (Lipinski definition) is 2. The highest BCUT2D eigenvalue weighted by Crippen LogP contribution is 2.22. The van der Waals surface area contributed by atoms with E-state index in [9.17, 15) is 9.90 Å². The van der Waals surface area contributed by atoms with Crippen LogP contribution in [0.1, 0.15) is 15.9 Å². The lowest BCUT2D eigenvalue weighted by Crippen LogP contribution is -1.98. The maximum atomic E-state index is 10.9. The lowest BCUT2D eigenvalue weighted by molar-refractivity contribution is 0.0697. The van der Waals surface area contributed by atoms with Crippen LogP contribution in [0.2, 0.25) is 0 Å². The zero-order valence-electron chi connectivity index (χ0n) is 9.00. The zero-order chi connectivity index (χ0) is 12.3. The molecule has 0 spiro atoms. The molecule has 0 bridgehead atoms. The van der Waals surface area contributed by atoms with Crippen molar-refractivity contribution in [3.63, 3.8) is 0 Å². The number of rotatable bonds is 3. The van der Waals surface area contributed by atoms with Crippen LogP contribution in [0.3, 0.4) is 0 Å². The van der Waals surface area contributed by atoms with Crippen molar-refractivity contribution in [2.24, 2.45) is 0 Å². The molecule has 17 heavy (non-hydrogen) atoms. The van der Waals surface area contributed by atoms with Gasteiger partial charge in [0.1, 0.15) is 0 Å². The molecule has 0 unspecified atom stereocenters. The Kier molecular flexibility index (Phi) is 3.16. The van der Waals surface area contributed by atoms with Crippen molar-refractivity contribution in [3.05, 3.63) is 53.7 Å². The predicted octanol–water partition coefficient (Wildman–Crippen LogP) is 1.94. The standard InChI is InChI=1S/C13H11NO3/c15-8-10-3-1-2-4-11(10)12-7-9(13(16)17)5-6-14-12/h1-7,15H,8H2,(H,16,17). The zero-order valence-corrected chi connectivity index (χ0v) is 9.00. The van der Waals surface area contributed by atoms with Gasteiger partial charge < -0.3 is 10.2 Å². The number of hydrogen-bond acceptors (Lipinski definition) is 3. The molecule has 4 nitrogen and oxygen atoms in total. The second-order valence-corrected chi connectivity index (χ2v) is 3.55. The summed E-state index contributed by atoms with van der Waals surface area (Å²) in [6.45, 7) is -0.102. The van der Waals surface area contributed by atoms with Crippen molar-refractivity contribution in [2.45, 2.75) is 6.61 Å². The van der Waals surface area contributed by atoms with Crippen molar-refractivity contribution >= 4 is 5.97 Å². The predicted molar refractivity (Wildman–Crippen MR) is 62.6 cm³/mol. The quantitative estimate of drug-likeness (QED) is 0.843. The third-order valence-corrected chi connectivity index (χ3v) is 2.47. The Morgan fingerprint density at radius 2 is 2.00 bits per heavy atom. The summed E-state index contributed by atoms with van der Waals surface area (Å²) in [4.78, 5) is 15.0. The molecular weight excluding hydrogens is 218 g/mol. The van der Waals surface area contributed by atoms with Crippen LogP contribution in [0, 0.1) is 0 Å². The minimum Gasteiger partial charge on any atom is -0.478 e. The number of pyridine rings is 1. The molecule has 0 fully saturated rings. The van der Waals surface area contributed by atoms with Gasteiger partial charge in [-0.05, 0) is 17.7 Å². The number of carbonyl (C=O) groups is 1. The summed E-state index contributed by atoms with van der Waals surface area (Å²) >= 11 is 0. The molecule has 86 valence electrons. The van der Waals surface area contributed by atoms with Crippen LogP contribution in [0.15, 0.2) is 42.6 Å². The Bertz CT molecular complexity index is 552. The van der Waals surface area contributed by atoms with Gasteiger partial charge in [-0.1, -0.05) is 24.3 Å². The van der Waals surface area contributed by atoms with Gasteiger partial charge in [-0.25, -0.2) is 4.79 Å². The first-order valence-corrected chi connectivity index (χ1v) is 5.11. The molecule has 0 saturated heterocycles. The van der Waals surface area contributed by atoms with Gasteiger partial charge in [0.15, 0.2) is 0 Å². The largest absolute Gasteiger partial charge is 0.478 e. The number of aromatic carboxylic acids is 1. The minimum absolute atomic E-state index is 0.102. The highest BCUT2D eigenvalue weighted by molar-refractivity contribution is 5.88. The van der Waals surface area contributed by atoms with Crippen molar-refractivity contribution in [1.29, 1.82) is 0 Å². The lowest BCUT2D eigenvalue weighted by Gasteiger charge is -2.06. The van der Waals surface area contributed by atoms with Crippen LogP contribution in [0.5, 0.6) is 0 Å². The van der Waals surface area contributed by atoms with Crippen LogP contribution < -0.4 is 0 Å². The number of aliphatic hydroxyl groups is 1. The van der Waals surface area contributed by atoms with Gasteiger partial charge in [0, 0.05) is 11.8 Å². The third kappa shape index (κ3) is 2.32. The fourth-order valence-electron chi connectivity index (χ4n) is 1.62. The first-order valence-electron chi connectivity index (χ1n) is 5.11. The van der Waals surface area contributed by atoms with Crippen LogP contribution in [0.25, 0.3) is 11.3 Å². The molecule has 4 heteroatoms. The number of carboxylic acids is 1. The number of nitrogens with zero attached hydrogens (tertiary/aromatic N) is 1. The van der Waals surface area contributed by atoms with Gasteiger partial charge in [-0.3, -0.25) is 4.98 Å². The minimum atomic E-state index is -0.991. The molecule has 0 aliphatic heterocycles. The maximum absolute atomic E-state index is 10.9. The van der Waals surface area contributed by atoms with Crippen LogP contribution in [-0.4, -0.2) is 21.2 Å².